The van der Waals surface area contributed by atoms with E-state index in [0.717, 1.165) is 38.6 Å². The van der Waals surface area contributed by atoms with Crippen LogP contribution < -0.4 is 5.32 Å². The number of rotatable bonds is 2. The summed E-state index contributed by atoms with van der Waals surface area (Å²) in [6.07, 6.45) is 15.5. The lowest BCUT2D eigenvalue weighted by molar-refractivity contribution is -0.143. The van der Waals surface area contributed by atoms with Crippen LogP contribution in [0.25, 0.3) is 0 Å². The molecule has 0 spiro atoms. The Hall–Kier alpha value is -1.09. The van der Waals surface area contributed by atoms with E-state index in [1.165, 1.54) is 6.42 Å². The molecule has 1 atom stereocenters. The van der Waals surface area contributed by atoms with Gasteiger partial charge in [0.25, 0.3) is 0 Å². The Kier molecular flexibility index (Phi) is 9.07. The molecule has 1 rings (SSSR count). The van der Waals surface area contributed by atoms with E-state index in [4.69, 9.17) is 4.74 Å². The molecule has 0 saturated carbocycles. The van der Waals surface area contributed by atoms with Gasteiger partial charge in [-0.25, -0.2) is 0 Å². The molecule has 3 heteroatoms. The van der Waals surface area contributed by atoms with Crippen molar-refractivity contribution in [3.63, 3.8) is 0 Å². The minimum atomic E-state index is -0.0739. The van der Waals surface area contributed by atoms with E-state index in [1.807, 2.05) is 0 Å². The maximum absolute atomic E-state index is 11.4. The third kappa shape index (κ3) is 8.60. The van der Waals surface area contributed by atoms with Gasteiger partial charge in [-0.15, -0.1) is 0 Å². The number of carbonyl (C=O) groups is 1. The zero-order valence-electron chi connectivity index (χ0n) is 12.1. The molecule has 1 N–H and O–H groups in total. The minimum Gasteiger partial charge on any atom is -0.464 e. The van der Waals surface area contributed by atoms with Crippen LogP contribution in [0.15, 0.2) is 24.3 Å². The van der Waals surface area contributed by atoms with E-state index in [-0.39, 0.29) is 5.97 Å². The Morgan fingerprint density at radius 3 is 3.00 bits per heavy atom. The van der Waals surface area contributed by atoms with Crippen molar-refractivity contribution in [2.75, 3.05) is 13.2 Å². The zero-order valence-corrected chi connectivity index (χ0v) is 12.1. The second-order valence-electron chi connectivity index (χ2n) is 4.97. The first-order valence-electron chi connectivity index (χ1n) is 7.52. The summed E-state index contributed by atoms with van der Waals surface area (Å²) in [4.78, 5) is 11.4. The lowest BCUT2D eigenvalue weighted by Crippen LogP contribution is -2.32. The van der Waals surface area contributed by atoms with Crippen LogP contribution in [0.3, 0.4) is 0 Å². The van der Waals surface area contributed by atoms with Gasteiger partial charge < -0.3 is 10.1 Å². The summed E-state index contributed by atoms with van der Waals surface area (Å²) in [5.41, 5.74) is 0. The van der Waals surface area contributed by atoms with Crippen molar-refractivity contribution in [1.29, 1.82) is 0 Å². The molecule has 19 heavy (non-hydrogen) atoms. The zero-order chi connectivity index (χ0) is 13.8. The van der Waals surface area contributed by atoms with E-state index in [1.54, 1.807) is 0 Å². The second-order valence-corrected chi connectivity index (χ2v) is 4.97. The number of carbonyl (C=O) groups excluding carboxylic acids is 1. The van der Waals surface area contributed by atoms with Gasteiger partial charge in [0.2, 0.25) is 0 Å². The monoisotopic (exact) mass is 265 g/mol. The molecule has 0 bridgehead atoms. The molecule has 3 nitrogen and oxygen atoms in total. The molecule has 0 aromatic heterocycles. The largest absolute Gasteiger partial charge is 0.464 e. The fourth-order valence-corrected chi connectivity index (χ4v) is 2.17. The second kappa shape index (κ2) is 10.8. The smallest absolute Gasteiger partial charge is 0.305 e. The van der Waals surface area contributed by atoms with E-state index >= 15 is 0 Å². The summed E-state index contributed by atoms with van der Waals surface area (Å²) in [5, 5.41) is 3.46. The molecule has 0 amide bonds. The summed E-state index contributed by atoms with van der Waals surface area (Å²) < 4.78 is 5.20. The Morgan fingerprint density at radius 2 is 2.16 bits per heavy atom. The maximum atomic E-state index is 11.4. The summed E-state index contributed by atoms with van der Waals surface area (Å²) in [7, 11) is 0. The van der Waals surface area contributed by atoms with Gasteiger partial charge in [0.1, 0.15) is 6.61 Å². The Labute approximate surface area is 117 Å². The average molecular weight is 265 g/mol. The van der Waals surface area contributed by atoms with Crippen LogP contribution in [0.5, 0.6) is 0 Å². The molecule has 1 aliphatic rings. The van der Waals surface area contributed by atoms with Crippen LogP contribution in [-0.2, 0) is 9.53 Å². The lowest BCUT2D eigenvalue weighted by atomic mass is 10.1. The van der Waals surface area contributed by atoms with Crippen LogP contribution in [-0.4, -0.2) is 25.2 Å². The summed E-state index contributed by atoms with van der Waals surface area (Å²) in [6, 6.07) is 0.494. The first kappa shape index (κ1) is 16.0. The molecule has 0 radical (unpaired) electrons. The molecule has 1 aliphatic heterocycles. The third-order valence-electron chi connectivity index (χ3n) is 3.21. The van der Waals surface area contributed by atoms with E-state index in [0.29, 0.717) is 19.1 Å². The van der Waals surface area contributed by atoms with Gasteiger partial charge in [-0.05, 0) is 32.1 Å². The van der Waals surface area contributed by atoms with E-state index in [9.17, 15) is 4.79 Å². The van der Waals surface area contributed by atoms with Crippen molar-refractivity contribution < 1.29 is 9.53 Å². The molecular formula is C16H27NO2. The first-order valence-corrected chi connectivity index (χ1v) is 7.52. The molecule has 0 aliphatic carbocycles. The Morgan fingerprint density at radius 1 is 1.32 bits per heavy atom. The highest BCUT2D eigenvalue weighted by molar-refractivity contribution is 5.69. The van der Waals surface area contributed by atoms with Gasteiger partial charge in [-0.3, -0.25) is 4.79 Å². The van der Waals surface area contributed by atoms with E-state index in [2.05, 4.69) is 36.5 Å². The van der Waals surface area contributed by atoms with Crippen LogP contribution in [0.2, 0.25) is 0 Å². The Bertz CT molecular complexity index is 297. The SMILES string of the molecule is CCCC1C/C=C\C/C=C\CCCC(=O)OCCN1. The first-order chi connectivity index (χ1) is 9.33. The maximum Gasteiger partial charge on any atom is 0.305 e. The molecule has 0 aromatic carbocycles. The quantitative estimate of drug-likeness (QED) is 0.614. The third-order valence-corrected chi connectivity index (χ3v) is 3.21. The Balaban J connectivity index is 2.42. The van der Waals surface area contributed by atoms with Crippen LogP contribution >= 0.6 is 0 Å². The van der Waals surface area contributed by atoms with Gasteiger partial charge in [0.05, 0.1) is 0 Å². The molecule has 1 heterocycles. The van der Waals surface area contributed by atoms with Crippen molar-refractivity contribution >= 4 is 5.97 Å². The van der Waals surface area contributed by atoms with Crippen molar-refractivity contribution in [1.82, 2.24) is 5.32 Å². The number of hydrogen-bond acceptors (Lipinski definition) is 3. The predicted octanol–water partition coefficient (Wildman–Crippen LogP) is 3.36. The molecule has 108 valence electrons. The van der Waals surface area contributed by atoms with Gasteiger partial charge in [0.15, 0.2) is 0 Å². The van der Waals surface area contributed by atoms with Crippen molar-refractivity contribution in [3.05, 3.63) is 24.3 Å². The average Bonchev–Trinajstić information content (AvgIpc) is 2.41. The highest BCUT2D eigenvalue weighted by atomic mass is 16.5. The number of cyclic esters (lactones) is 1. The molecule has 0 saturated heterocycles. The topological polar surface area (TPSA) is 38.3 Å². The van der Waals surface area contributed by atoms with Gasteiger partial charge in [0, 0.05) is 19.0 Å². The molecular weight excluding hydrogens is 238 g/mol. The molecule has 0 fully saturated rings. The molecule has 1 unspecified atom stereocenters. The van der Waals surface area contributed by atoms with Crippen molar-refractivity contribution in [2.24, 2.45) is 0 Å². The fraction of sp³-hybridized carbons (Fsp3) is 0.688. The van der Waals surface area contributed by atoms with Gasteiger partial charge in [-0.2, -0.15) is 0 Å². The molecule has 0 aromatic rings. The highest BCUT2D eigenvalue weighted by Gasteiger charge is 2.06. The van der Waals surface area contributed by atoms with Crippen molar-refractivity contribution in [2.45, 2.75) is 57.9 Å². The lowest BCUT2D eigenvalue weighted by Gasteiger charge is -2.16. The number of ether oxygens (including phenoxy) is 1. The summed E-state index contributed by atoms with van der Waals surface area (Å²) in [5.74, 6) is -0.0739. The van der Waals surface area contributed by atoms with Crippen LogP contribution in [0.4, 0.5) is 0 Å². The summed E-state index contributed by atoms with van der Waals surface area (Å²) in [6.45, 7) is 3.44. The van der Waals surface area contributed by atoms with Crippen molar-refractivity contribution in [3.8, 4) is 0 Å². The minimum absolute atomic E-state index is 0.0739. The predicted molar refractivity (Wildman–Crippen MR) is 79.0 cm³/mol. The highest BCUT2D eigenvalue weighted by Crippen LogP contribution is 2.05. The number of hydrogen-bond donors (Lipinski definition) is 1. The normalized spacial score (nSPS) is 26.8. The number of allylic oxidation sites excluding steroid dienone is 3. The van der Waals surface area contributed by atoms with Gasteiger partial charge >= 0.3 is 5.97 Å². The van der Waals surface area contributed by atoms with Crippen LogP contribution in [0.1, 0.15) is 51.9 Å². The summed E-state index contributed by atoms with van der Waals surface area (Å²) >= 11 is 0. The number of esters is 1. The van der Waals surface area contributed by atoms with E-state index < -0.39 is 0 Å². The standard InChI is InChI=1S/C16H27NO2/c1-2-10-15-11-8-6-4-3-5-7-9-12-16(18)19-14-13-17-15/h3,5-6,8,15,17H,2,4,7,9-14H2,1H3/b5-3-,8-6-. The number of nitrogens with one attached hydrogen (secondary N) is 1. The van der Waals surface area contributed by atoms with Crippen LogP contribution in [0, 0.1) is 0 Å². The van der Waals surface area contributed by atoms with Gasteiger partial charge in [-0.1, -0.05) is 37.6 Å². The fourth-order valence-electron chi connectivity index (χ4n) is 2.17.